The SMILES string of the molecule is Cn1c(=O)cc(NC(=O)CN2CCN(c3cc4c(cc3F)c(=O)c(C(=O)O)cn4C3CC3)CC2)[nH]c1=O. The van der Waals surface area contributed by atoms with Crippen molar-refractivity contribution in [2.45, 2.75) is 18.9 Å². The van der Waals surface area contributed by atoms with Crippen LogP contribution in [0.15, 0.2) is 38.8 Å². The van der Waals surface area contributed by atoms with E-state index in [-0.39, 0.29) is 29.4 Å². The molecule has 13 heteroatoms. The number of pyridine rings is 1. The Hall–Kier alpha value is -4.26. The highest BCUT2D eigenvalue weighted by atomic mass is 19.1. The maximum atomic E-state index is 15.1. The van der Waals surface area contributed by atoms with E-state index in [1.807, 2.05) is 9.80 Å². The van der Waals surface area contributed by atoms with Gasteiger partial charge in [-0.05, 0) is 25.0 Å². The lowest BCUT2D eigenvalue weighted by Gasteiger charge is -2.36. The predicted molar refractivity (Wildman–Crippen MR) is 133 cm³/mol. The van der Waals surface area contributed by atoms with E-state index < -0.39 is 34.4 Å². The van der Waals surface area contributed by atoms with E-state index in [2.05, 4.69) is 10.3 Å². The molecule has 12 nitrogen and oxygen atoms in total. The van der Waals surface area contributed by atoms with E-state index in [4.69, 9.17) is 0 Å². The van der Waals surface area contributed by atoms with Crippen LogP contribution in [-0.2, 0) is 11.8 Å². The number of fused-ring (bicyclic) bond motifs is 1. The maximum absolute atomic E-state index is 15.1. The Morgan fingerprint density at radius 2 is 1.81 bits per heavy atom. The first-order chi connectivity index (χ1) is 17.6. The summed E-state index contributed by atoms with van der Waals surface area (Å²) >= 11 is 0. The normalized spacial score (nSPS) is 16.2. The van der Waals surface area contributed by atoms with Gasteiger partial charge in [-0.2, -0.15) is 0 Å². The van der Waals surface area contributed by atoms with Gasteiger partial charge in [0.05, 0.1) is 17.7 Å². The highest BCUT2D eigenvalue weighted by molar-refractivity contribution is 5.94. The van der Waals surface area contributed by atoms with E-state index >= 15 is 4.39 Å². The predicted octanol–water partition coefficient (Wildman–Crippen LogP) is 0.321. The van der Waals surface area contributed by atoms with Crippen LogP contribution in [0.2, 0.25) is 0 Å². The van der Waals surface area contributed by atoms with Gasteiger partial charge in [0, 0.05) is 56.9 Å². The molecule has 1 aromatic carbocycles. The third-order valence-electron chi connectivity index (χ3n) is 6.77. The van der Waals surface area contributed by atoms with Gasteiger partial charge in [-0.1, -0.05) is 0 Å². The minimum absolute atomic E-state index is 0.0164. The van der Waals surface area contributed by atoms with Crippen LogP contribution in [0.5, 0.6) is 0 Å². The zero-order valence-electron chi connectivity index (χ0n) is 20.0. The first kappa shape index (κ1) is 24.4. The van der Waals surface area contributed by atoms with Crippen LogP contribution in [0.3, 0.4) is 0 Å². The fourth-order valence-electron chi connectivity index (χ4n) is 4.57. The average Bonchev–Trinajstić information content (AvgIpc) is 3.68. The van der Waals surface area contributed by atoms with Gasteiger partial charge in [0.25, 0.3) is 5.56 Å². The summed E-state index contributed by atoms with van der Waals surface area (Å²) in [5, 5.41) is 12.0. The molecule has 2 aromatic heterocycles. The van der Waals surface area contributed by atoms with Gasteiger partial charge in [0.1, 0.15) is 17.2 Å². The number of aromatic carboxylic acids is 1. The van der Waals surface area contributed by atoms with Gasteiger partial charge < -0.3 is 19.9 Å². The molecule has 2 fully saturated rings. The van der Waals surface area contributed by atoms with Gasteiger partial charge in [-0.25, -0.2) is 14.0 Å². The van der Waals surface area contributed by atoms with Gasteiger partial charge in [0.2, 0.25) is 11.3 Å². The van der Waals surface area contributed by atoms with E-state index in [1.165, 1.54) is 13.2 Å². The zero-order valence-corrected chi connectivity index (χ0v) is 20.0. The largest absolute Gasteiger partial charge is 0.477 e. The number of H-pyrrole nitrogens is 1. The molecule has 0 unspecified atom stereocenters. The number of carboxylic acid groups (broad SMARTS) is 1. The molecule has 37 heavy (non-hydrogen) atoms. The van der Waals surface area contributed by atoms with Crippen LogP contribution in [-0.4, -0.2) is 68.7 Å². The van der Waals surface area contributed by atoms with Crippen LogP contribution in [0.1, 0.15) is 29.2 Å². The van der Waals surface area contributed by atoms with E-state index in [9.17, 15) is 29.1 Å². The molecule has 1 saturated carbocycles. The number of aromatic nitrogens is 3. The van der Waals surface area contributed by atoms with Gasteiger partial charge in [-0.3, -0.25) is 28.8 Å². The van der Waals surface area contributed by atoms with Crippen LogP contribution >= 0.6 is 0 Å². The summed E-state index contributed by atoms with van der Waals surface area (Å²) in [6.45, 7) is 1.75. The van der Waals surface area contributed by atoms with Crippen molar-refractivity contribution < 1.29 is 19.1 Å². The monoisotopic (exact) mass is 512 g/mol. The van der Waals surface area contributed by atoms with Crippen molar-refractivity contribution in [3.63, 3.8) is 0 Å². The number of carbonyl (C=O) groups excluding carboxylic acids is 1. The summed E-state index contributed by atoms with van der Waals surface area (Å²) in [7, 11) is 1.32. The number of rotatable bonds is 6. The Balaban J connectivity index is 1.30. The summed E-state index contributed by atoms with van der Waals surface area (Å²) in [4.78, 5) is 66.2. The number of piperazine rings is 1. The van der Waals surface area contributed by atoms with Gasteiger partial charge in [-0.15, -0.1) is 0 Å². The van der Waals surface area contributed by atoms with Crippen molar-refractivity contribution >= 4 is 34.3 Å². The molecule has 3 aromatic rings. The number of aromatic amines is 1. The molecule has 194 valence electrons. The number of hydrogen-bond acceptors (Lipinski definition) is 7. The number of carboxylic acids is 1. The minimum Gasteiger partial charge on any atom is -0.477 e. The summed E-state index contributed by atoms with van der Waals surface area (Å²) in [5.74, 6) is -2.35. The molecular weight excluding hydrogens is 487 g/mol. The lowest BCUT2D eigenvalue weighted by atomic mass is 10.1. The van der Waals surface area contributed by atoms with Crippen LogP contribution in [0, 0.1) is 5.82 Å². The Morgan fingerprint density at radius 1 is 1.11 bits per heavy atom. The highest BCUT2D eigenvalue weighted by Crippen LogP contribution is 2.38. The van der Waals surface area contributed by atoms with Crippen molar-refractivity contribution in [1.82, 2.24) is 19.0 Å². The molecule has 0 radical (unpaired) electrons. The summed E-state index contributed by atoms with van der Waals surface area (Å²) in [6, 6.07) is 3.92. The number of anilines is 2. The number of carbonyl (C=O) groups is 2. The highest BCUT2D eigenvalue weighted by Gasteiger charge is 2.28. The number of nitrogens with one attached hydrogen (secondary N) is 2. The van der Waals surface area contributed by atoms with Crippen LogP contribution < -0.4 is 26.9 Å². The smallest absolute Gasteiger partial charge is 0.341 e. The number of hydrogen-bond donors (Lipinski definition) is 3. The van der Waals surface area contributed by atoms with Crippen molar-refractivity contribution in [3.8, 4) is 0 Å². The van der Waals surface area contributed by atoms with Gasteiger partial charge in [0.15, 0.2) is 0 Å². The second kappa shape index (κ2) is 9.32. The van der Waals surface area contributed by atoms with Gasteiger partial charge >= 0.3 is 11.7 Å². The molecule has 1 amide bonds. The molecular formula is C24H25FN6O6. The number of benzene rings is 1. The van der Waals surface area contributed by atoms with Crippen molar-refractivity contribution in [3.05, 3.63) is 66.8 Å². The number of nitrogens with zero attached hydrogens (tertiary/aromatic N) is 4. The van der Waals surface area contributed by atoms with E-state index in [1.54, 1.807) is 10.6 Å². The average molecular weight is 512 g/mol. The maximum Gasteiger partial charge on any atom is 0.341 e. The second-order valence-electron chi connectivity index (χ2n) is 9.33. The van der Waals surface area contributed by atoms with E-state index in [0.29, 0.717) is 37.4 Å². The van der Waals surface area contributed by atoms with Crippen LogP contribution in [0.25, 0.3) is 10.9 Å². The third-order valence-corrected chi connectivity index (χ3v) is 6.77. The lowest BCUT2D eigenvalue weighted by molar-refractivity contribution is -0.117. The van der Waals surface area contributed by atoms with E-state index in [0.717, 1.165) is 29.5 Å². The Kier molecular flexibility index (Phi) is 6.15. The standard InChI is InChI=1S/C24H25FN6O6/c1-28-21(33)10-19(27-24(28)37)26-20(32)12-29-4-6-30(7-5-29)18-9-17-14(8-16(18)25)22(34)15(23(35)36)11-31(17)13-2-3-13/h8-11,13H,2-7,12H2,1H3,(H,26,32)(H,27,37)(H,35,36). The van der Waals surface area contributed by atoms with Crippen molar-refractivity contribution in [2.75, 3.05) is 42.9 Å². The fourth-order valence-corrected chi connectivity index (χ4v) is 4.57. The molecule has 2 aliphatic rings. The lowest BCUT2D eigenvalue weighted by Crippen LogP contribution is -2.49. The molecule has 0 atom stereocenters. The zero-order chi connectivity index (χ0) is 26.4. The van der Waals surface area contributed by atoms with Crippen molar-refractivity contribution in [1.29, 1.82) is 0 Å². The molecule has 3 N–H and O–H groups in total. The van der Waals surface area contributed by atoms with Crippen molar-refractivity contribution in [2.24, 2.45) is 7.05 Å². The molecule has 0 spiro atoms. The molecule has 3 heterocycles. The Bertz CT molecular complexity index is 1560. The molecule has 1 saturated heterocycles. The number of amides is 1. The third kappa shape index (κ3) is 4.77. The summed E-state index contributed by atoms with van der Waals surface area (Å²) < 4.78 is 17.8. The first-order valence-electron chi connectivity index (χ1n) is 11.8. The Labute approximate surface area is 208 Å². The Morgan fingerprint density at radius 3 is 2.43 bits per heavy atom. The summed E-state index contributed by atoms with van der Waals surface area (Å²) in [5.41, 5.74) is -1.46. The fraction of sp³-hybridized carbons (Fsp3) is 0.375. The second-order valence-corrected chi connectivity index (χ2v) is 9.33. The first-order valence-corrected chi connectivity index (χ1v) is 11.8. The molecule has 0 bridgehead atoms. The van der Waals surface area contributed by atoms with Crippen LogP contribution in [0.4, 0.5) is 15.9 Å². The topological polar surface area (TPSA) is 150 Å². The summed E-state index contributed by atoms with van der Waals surface area (Å²) in [6.07, 6.45) is 3.06. The quantitative estimate of drug-likeness (QED) is 0.428. The minimum atomic E-state index is -1.34. The molecule has 1 aliphatic heterocycles. The molecule has 5 rings (SSSR count). The number of halogens is 1. The molecule has 1 aliphatic carbocycles.